The summed E-state index contributed by atoms with van der Waals surface area (Å²) in [5.74, 6) is -0.845. The Kier molecular flexibility index (Phi) is 7.51. The lowest BCUT2D eigenvalue weighted by Crippen LogP contribution is -2.23. The fourth-order valence-corrected chi connectivity index (χ4v) is 4.19. The number of hydrogen-bond acceptors (Lipinski definition) is 7. The smallest absolute Gasteiger partial charge is 0.340 e. The molecule has 2 aromatic heterocycles. The Hall–Kier alpha value is -3.07. The van der Waals surface area contributed by atoms with Crippen molar-refractivity contribution in [3.63, 3.8) is 0 Å². The van der Waals surface area contributed by atoms with Crippen molar-refractivity contribution in [1.82, 2.24) is 14.6 Å². The Balaban J connectivity index is 1.74. The predicted octanol–water partition coefficient (Wildman–Crippen LogP) is 3.84. The fourth-order valence-electron chi connectivity index (χ4n) is 3.17. The molecule has 9 heteroatoms. The van der Waals surface area contributed by atoms with Gasteiger partial charge in [0.05, 0.1) is 16.9 Å². The van der Waals surface area contributed by atoms with Crippen molar-refractivity contribution in [2.45, 2.75) is 53.1 Å². The number of hydrogen-bond donors (Lipinski definition) is 1. The third-order valence-corrected chi connectivity index (χ3v) is 5.88. The van der Waals surface area contributed by atoms with Crippen LogP contribution >= 0.6 is 11.3 Å². The van der Waals surface area contributed by atoms with Gasteiger partial charge in [0.1, 0.15) is 11.6 Å². The molecule has 1 amide bonds. The molecule has 3 rings (SSSR count). The van der Waals surface area contributed by atoms with E-state index < -0.39 is 5.97 Å². The van der Waals surface area contributed by atoms with Crippen molar-refractivity contribution in [3.8, 4) is 0 Å². The van der Waals surface area contributed by atoms with Gasteiger partial charge in [0.15, 0.2) is 0 Å². The number of nitrogens with zero attached hydrogens (tertiary/aromatic N) is 3. The van der Waals surface area contributed by atoms with E-state index in [1.54, 1.807) is 24.3 Å². The molecule has 0 atom stereocenters. The number of ether oxygens (including phenoxy) is 1. The topological polar surface area (TPSA) is 103 Å². The zero-order valence-electron chi connectivity index (χ0n) is 17.9. The Morgan fingerprint density at radius 3 is 2.65 bits per heavy atom. The van der Waals surface area contributed by atoms with Crippen LogP contribution in [0.3, 0.4) is 0 Å². The van der Waals surface area contributed by atoms with E-state index in [0.717, 1.165) is 30.7 Å². The standard InChI is InChI=1S/C22H26N4O4S/c1-4-9-18-25-26-19(27)12-15(23-22(26)31-18)13-30-21(29)16-10-7-8-11-17(16)24-20(28)14(5-2)6-3/h7-8,10-12,14H,4-6,9,13H2,1-3H3,(H,24,28). The quantitative estimate of drug-likeness (QED) is 0.505. The Morgan fingerprint density at radius 1 is 1.19 bits per heavy atom. The van der Waals surface area contributed by atoms with Gasteiger partial charge in [-0.2, -0.15) is 9.61 Å². The van der Waals surface area contributed by atoms with E-state index in [4.69, 9.17) is 4.74 Å². The lowest BCUT2D eigenvalue weighted by atomic mass is 10.0. The molecule has 0 aliphatic carbocycles. The summed E-state index contributed by atoms with van der Waals surface area (Å²) in [6.07, 6.45) is 3.13. The summed E-state index contributed by atoms with van der Waals surface area (Å²) in [6.45, 7) is 5.79. The average molecular weight is 443 g/mol. The van der Waals surface area contributed by atoms with E-state index >= 15 is 0 Å². The highest BCUT2D eigenvalue weighted by Crippen LogP contribution is 2.20. The number of rotatable bonds is 9. The Bertz CT molecular complexity index is 1130. The molecule has 1 N–H and O–H groups in total. The first-order chi connectivity index (χ1) is 15.0. The van der Waals surface area contributed by atoms with Crippen LogP contribution in [0.5, 0.6) is 0 Å². The molecule has 31 heavy (non-hydrogen) atoms. The van der Waals surface area contributed by atoms with E-state index in [2.05, 4.69) is 15.4 Å². The molecule has 0 saturated heterocycles. The van der Waals surface area contributed by atoms with Crippen LogP contribution < -0.4 is 10.9 Å². The van der Waals surface area contributed by atoms with Crippen LogP contribution in [0, 0.1) is 5.92 Å². The molecular weight excluding hydrogens is 416 g/mol. The number of nitrogens with one attached hydrogen (secondary N) is 1. The SMILES string of the molecule is CCCc1nn2c(=O)cc(COC(=O)c3ccccc3NC(=O)C(CC)CC)nc2s1. The van der Waals surface area contributed by atoms with Crippen LogP contribution in [-0.2, 0) is 22.6 Å². The second-order valence-corrected chi connectivity index (χ2v) is 8.19. The zero-order chi connectivity index (χ0) is 22.4. The van der Waals surface area contributed by atoms with Gasteiger partial charge in [-0.1, -0.05) is 44.2 Å². The summed E-state index contributed by atoms with van der Waals surface area (Å²) in [7, 11) is 0. The van der Waals surface area contributed by atoms with Crippen LogP contribution in [0.25, 0.3) is 4.96 Å². The largest absolute Gasteiger partial charge is 0.456 e. The lowest BCUT2D eigenvalue weighted by Gasteiger charge is -2.15. The molecule has 0 bridgehead atoms. The molecule has 3 aromatic rings. The third-order valence-electron chi connectivity index (χ3n) is 4.92. The van der Waals surface area contributed by atoms with Crippen LogP contribution in [0.4, 0.5) is 5.69 Å². The van der Waals surface area contributed by atoms with Gasteiger partial charge in [0, 0.05) is 18.4 Å². The molecule has 0 saturated carbocycles. The maximum absolute atomic E-state index is 12.7. The Labute approximate surface area is 184 Å². The molecule has 0 aliphatic heterocycles. The highest BCUT2D eigenvalue weighted by molar-refractivity contribution is 7.16. The third kappa shape index (κ3) is 5.35. The lowest BCUT2D eigenvalue weighted by molar-refractivity contribution is -0.120. The minimum Gasteiger partial charge on any atom is -0.456 e. The first kappa shape index (κ1) is 22.6. The highest BCUT2D eigenvalue weighted by Gasteiger charge is 2.19. The van der Waals surface area contributed by atoms with E-state index in [9.17, 15) is 14.4 Å². The molecule has 0 aliphatic rings. The molecule has 2 heterocycles. The van der Waals surface area contributed by atoms with Gasteiger partial charge in [-0.15, -0.1) is 0 Å². The van der Waals surface area contributed by atoms with Crippen molar-refractivity contribution in [2.24, 2.45) is 5.92 Å². The summed E-state index contributed by atoms with van der Waals surface area (Å²) in [5, 5.41) is 7.93. The normalized spacial score (nSPS) is 11.1. The first-order valence-electron chi connectivity index (χ1n) is 10.4. The highest BCUT2D eigenvalue weighted by atomic mass is 32.1. The first-order valence-corrected chi connectivity index (χ1v) is 11.2. The second-order valence-electron chi connectivity index (χ2n) is 7.15. The van der Waals surface area contributed by atoms with E-state index in [1.807, 2.05) is 20.8 Å². The van der Waals surface area contributed by atoms with Crippen LogP contribution in [-0.4, -0.2) is 26.5 Å². The van der Waals surface area contributed by atoms with Gasteiger partial charge in [0.25, 0.3) is 5.56 Å². The van der Waals surface area contributed by atoms with E-state index in [-0.39, 0.29) is 29.6 Å². The molecule has 1 aromatic carbocycles. The van der Waals surface area contributed by atoms with Gasteiger partial charge >= 0.3 is 5.97 Å². The molecule has 0 radical (unpaired) electrons. The molecule has 0 spiro atoms. The van der Waals surface area contributed by atoms with Crippen molar-refractivity contribution >= 4 is 33.9 Å². The van der Waals surface area contributed by atoms with Crippen molar-refractivity contribution in [1.29, 1.82) is 0 Å². The number of aromatic nitrogens is 3. The minimum absolute atomic E-state index is 0.120. The van der Waals surface area contributed by atoms with Gasteiger partial charge < -0.3 is 10.1 Å². The van der Waals surface area contributed by atoms with Crippen LogP contribution in [0.1, 0.15) is 61.1 Å². The summed E-state index contributed by atoms with van der Waals surface area (Å²) >= 11 is 1.35. The maximum atomic E-state index is 12.7. The van der Waals surface area contributed by atoms with Crippen LogP contribution in [0.2, 0.25) is 0 Å². The maximum Gasteiger partial charge on any atom is 0.340 e. The number of para-hydroxylation sites is 1. The van der Waals surface area contributed by atoms with Gasteiger partial charge in [-0.25, -0.2) is 9.78 Å². The second kappa shape index (κ2) is 10.3. The number of anilines is 1. The van der Waals surface area contributed by atoms with Gasteiger partial charge in [-0.05, 0) is 31.4 Å². The molecule has 0 unspecified atom stereocenters. The molecule has 8 nitrogen and oxygen atoms in total. The van der Waals surface area contributed by atoms with Crippen molar-refractivity contribution < 1.29 is 14.3 Å². The summed E-state index contributed by atoms with van der Waals surface area (Å²) in [6, 6.07) is 8.02. The number of carbonyl (C=O) groups is 2. The predicted molar refractivity (Wildman–Crippen MR) is 119 cm³/mol. The monoisotopic (exact) mass is 442 g/mol. The number of aryl methyl sites for hydroxylation is 1. The van der Waals surface area contributed by atoms with Crippen molar-refractivity contribution in [3.05, 3.63) is 57.0 Å². The van der Waals surface area contributed by atoms with Crippen molar-refractivity contribution in [2.75, 3.05) is 5.32 Å². The Morgan fingerprint density at radius 2 is 1.94 bits per heavy atom. The molecular formula is C22H26N4O4S. The van der Waals surface area contributed by atoms with Crippen LogP contribution in [0.15, 0.2) is 35.1 Å². The van der Waals surface area contributed by atoms with E-state index in [1.165, 1.54) is 21.9 Å². The minimum atomic E-state index is -0.599. The summed E-state index contributed by atoms with van der Waals surface area (Å²) < 4.78 is 6.66. The molecule has 0 fully saturated rings. The average Bonchev–Trinajstić information content (AvgIpc) is 3.17. The fraction of sp³-hybridized carbons (Fsp3) is 0.409. The number of fused-ring (bicyclic) bond motifs is 1. The number of carbonyl (C=O) groups excluding carboxylic acids is 2. The summed E-state index contributed by atoms with van der Waals surface area (Å²) in [4.78, 5) is 42.3. The number of esters is 1. The number of amides is 1. The van der Waals surface area contributed by atoms with Gasteiger partial charge in [0.2, 0.25) is 10.9 Å². The number of benzene rings is 1. The van der Waals surface area contributed by atoms with Gasteiger partial charge in [-0.3, -0.25) is 9.59 Å². The zero-order valence-corrected chi connectivity index (χ0v) is 18.7. The van der Waals surface area contributed by atoms with E-state index in [0.29, 0.717) is 16.3 Å². The molecule has 164 valence electrons. The summed E-state index contributed by atoms with van der Waals surface area (Å²) in [5.41, 5.74) is 0.693.